The molecule has 0 aliphatic carbocycles. The number of phenolic OH excluding ortho intramolecular Hbond substituents is 2. The van der Waals surface area contributed by atoms with Crippen molar-refractivity contribution in [2.45, 2.75) is 32.2 Å². The number of carbonyl (C=O) groups excluding carboxylic acids is 2. The summed E-state index contributed by atoms with van der Waals surface area (Å²) in [7, 11) is 1.77. The number of hydrogen-bond donors (Lipinski definition) is 2. The molecule has 1 unspecified atom stereocenters. The van der Waals surface area contributed by atoms with Gasteiger partial charge in [-0.15, -0.1) is 0 Å². The van der Waals surface area contributed by atoms with E-state index in [0.29, 0.717) is 18.5 Å². The Morgan fingerprint density at radius 3 is 2.67 bits per heavy atom. The fourth-order valence-corrected chi connectivity index (χ4v) is 4.18. The minimum Gasteiger partial charge on any atom is -0.508 e. The summed E-state index contributed by atoms with van der Waals surface area (Å²) in [6.07, 6.45) is 3.90. The Kier molecular flexibility index (Phi) is 6.31. The summed E-state index contributed by atoms with van der Waals surface area (Å²) in [6.45, 7) is 2.51. The van der Waals surface area contributed by atoms with Crippen LogP contribution in [0.2, 0.25) is 0 Å². The quantitative estimate of drug-likeness (QED) is 0.623. The molecule has 0 radical (unpaired) electrons. The Hall–Kier alpha value is -3.87. The van der Waals surface area contributed by atoms with E-state index in [0.717, 1.165) is 35.9 Å². The average molecular weight is 446 g/mol. The molecule has 2 amide bonds. The number of phenols is 2. The van der Waals surface area contributed by atoms with E-state index in [2.05, 4.69) is 4.98 Å². The molecule has 7 heteroatoms. The van der Waals surface area contributed by atoms with E-state index >= 15 is 0 Å². The number of carbonyl (C=O) groups is 2. The Labute approximate surface area is 192 Å². The Morgan fingerprint density at radius 2 is 1.94 bits per heavy atom. The molecule has 2 heterocycles. The number of hydrogen-bond acceptors (Lipinski definition) is 5. The van der Waals surface area contributed by atoms with Crippen molar-refractivity contribution in [2.24, 2.45) is 0 Å². The van der Waals surface area contributed by atoms with Gasteiger partial charge in [-0.1, -0.05) is 6.07 Å². The van der Waals surface area contributed by atoms with Crippen molar-refractivity contribution < 1.29 is 19.8 Å². The lowest BCUT2D eigenvalue weighted by atomic mass is 9.93. The number of likely N-dealkylation sites (N-methyl/N-ethyl adjacent to an activating group) is 1. The number of benzene rings is 2. The molecule has 0 saturated carbocycles. The highest BCUT2D eigenvalue weighted by Crippen LogP contribution is 2.35. The van der Waals surface area contributed by atoms with Gasteiger partial charge in [-0.3, -0.25) is 14.6 Å². The average Bonchev–Trinajstić information content (AvgIpc) is 2.82. The summed E-state index contributed by atoms with van der Waals surface area (Å²) < 4.78 is 0. The number of anilines is 1. The van der Waals surface area contributed by atoms with E-state index in [1.54, 1.807) is 35.2 Å². The Balaban J connectivity index is 1.54. The van der Waals surface area contributed by atoms with Crippen LogP contribution >= 0.6 is 0 Å². The summed E-state index contributed by atoms with van der Waals surface area (Å²) in [5, 5.41) is 19.7. The second-order valence-electron chi connectivity index (χ2n) is 8.41. The molecular weight excluding hydrogens is 418 g/mol. The van der Waals surface area contributed by atoms with E-state index in [-0.39, 0.29) is 34.9 Å². The summed E-state index contributed by atoms with van der Waals surface area (Å²) in [5.41, 5.74) is 3.29. The summed E-state index contributed by atoms with van der Waals surface area (Å²) in [5.74, 6) is -0.791. The third kappa shape index (κ3) is 4.67. The number of aromatic hydroxyl groups is 2. The number of aryl methyl sites for hydroxylation is 1. The van der Waals surface area contributed by atoms with Crippen molar-refractivity contribution in [3.63, 3.8) is 0 Å². The first kappa shape index (κ1) is 22.3. The first-order valence-electron chi connectivity index (χ1n) is 11.0. The fraction of sp³-hybridized carbons (Fsp3) is 0.269. The van der Waals surface area contributed by atoms with Crippen LogP contribution in [0.25, 0.3) is 0 Å². The van der Waals surface area contributed by atoms with Gasteiger partial charge in [-0.25, -0.2) is 0 Å². The molecule has 1 aliphatic rings. The molecule has 3 aromatic rings. The predicted octanol–water partition coefficient (Wildman–Crippen LogP) is 3.79. The molecule has 170 valence electrons. The number of rotatable bonds is 5. The van der Waals surface area contributed by atoms with Crippen LogP contribution in [0.15, 0.2) is 60.8 Å². The largest absolute Gasteiger partial charge is 0.508 e. The zero-order valence-corrected chi connectivity index (χ0v) is 18.7. The van der Waals surface area contributed by atoms with Crippen LogP contribution in [0.1, 0.15) is 45.3 Å². The molecule has 0 bridgehead atoms. The number of nitrogens with zero attached hydrogens (tertiary/aromatic N) is 3. The lowest BCUT2D eigenvalue weighted by molar-refractivity contribution is 0.0796. The number of amides is 2. The van der Waals surface area contributed by atoms with Crippen LogP contribution < -0.4 is 4.90 Å². The molecule has 1 aromatic heterocycles. The first-order valence-corrected chi connectivity index (χ1v) is 11.0. The zero-order valence-electron chi connectivity index (χ0n) is 18.7. The highest BCUT2D eigenvalue weighted by Gasteiger charge is 2.31. The van der Waals surface area contributed by atoms with Crippen molar-refractivity contribution in [3.05, 3.63) is 83.2 Å². The van der Waals surface area contributed by atoms with Crippen molar-refractivity contribution >= 4 is 17.5 Å². The fourth-order valence-electron chi connectivity index (χ4n) is 4.18. The van der Waals surface area contributed by atoms with Gasteiger partial charge in [0.1, 0.15) is 11.5 Å². The zero-order chi connectivity index (χ0) is 23.5. The lowest BCUT2D eigenvalue weighted by Crippen LogP contribution is -2.42. The van der Waals surface area contributed by atoms with E-state index in [4.69, 9.17) is 0 Å². The minimum atomic E-state index is -0.340. The van der Waals surface area contributed by atoms with E-state index in [1.165, 1.54) is 12.1 Å². The summed E-state index contributed by atoms with van der Waals surface area (Å²) >= 11 is 0. The van der Waals surface area contributed by atoms with Gasteiger partial charge in [0, 0.05) is 55.3 Å². The molecule has 2 N–H and O–H groups in total. The van der Waals surface area contributed by atoms with E-state index < -0.39 is 0 Å². The highest BCUT2D eigenvalue weighted by molar-refractivity contribution is 6.09. The van der Waals surface area contributed by atoms with Gasteiger partial charge in [0.05, 0.1) is 5.56 Å². The monoisotopic (exact) mass is 445 g/mol. The SMILES string of the molecule is CC1CCc2cc(C(=O)N(C)CCc3ccccn3)ccc2N1C(=O)c1ccc(O)cc1O. The number of pyridine rings is 1. The summed E-state index contributed by atoms with van der Waals surface area (Å²) in [4.78, 5) is 33.9. The Morgan fingerprint density at radius 1 is 1.12 bits per heavy atom. The van der Waals surface area contributed by atoms with Gasteiger partial charge in [0.2, 0.25) is 0 Å². The first-order chi connectivity index (χ1) is 15.8. The van der Waals surface area contributed by atoms with E-state index in [1.807, 2.05) is 31.2 Å². The maximum atomic E-state index is 13.3. The maximum absolute atomic E-state index is 13.3. The number of fused-ring (bicyclic) bond motifs is 1. The van der Waals surface area contributed by atoms with Gasteiger partial charge >= 0.3 is 0 Å². The summed E-state index contributed by atoms with van der Waals surface area (Å²) in [6, 6.07) is 15.0. The molecule has 0 fully saturated rings. The molecule has 0 spiro atoms. The molecule has 33 heavy (non-hydrogen) atoms. The van der Waals surface area contributed by atoms with Gasteiger partial charge in [-0.2, -0.15) is 0 Å². The molecule has 7 nitrogen and oxygen atoms in total. The van der Waals surface area contributed by atoms with Crippen LogP contribution in [0.4, 0.5) is 5.69 Å². The van der Waals surface area contributed by atoms with Crippen LogP contribution in [0.3, 0.4) is 0 Å². The predicted molar refractivity (Wildman–Crippen MR) is 126 cm³/mol. The minimum absolute atomic E-state index is 0.0687. The molecule has 1 atom stereocenters. The molecule has 2 aromatic carbocycles. The third-order valence-corrected chi connectivity index (χ3v) is 6.06. The van der Waals surface area contributed by atoms with Crippen LogP contribution in [-0.4, -0.2) is 51.5 Å². The normalized spacial score (nSPS) is 15.1. The van der Waals surface area contributed by atoms with Gasteiger partial charge in [-0.05, 0) is 67.8 Å². The molecule has 4 rings (SSSR count). The van der Waals surface area contributed by atoms with Crippen molar-refractivity contribution in [1.29, 1.82) is 0 Å². The molecular formula is C26H27N3O4. The molecule has 0 saturated heterocycles. The lowest BCUT2D eigenvalue weighted by Gasteiger charge is -2.36. The maximum Gasteiger partial charge on any atom is 0.262 e. The standard InChI is InChI=1S/C26H27N3O4/c1-17-6-7-18-15-19(25(32)28(2)14-12-20-5-3-4-13-27-20)8-11-23(18)29(17)26(33)22-10-9-21(30)16-24(22)31/h3-5,8-11,13,15-17,30-31H,6-7,12,14H2,1-2H3. The van der Waals surface area contributed by atoms with Gasteiger partial charge < -0.3 is 20.0 Å². The van der Waals surface area contributed by atoms with Crippen molar-refractivity contribution in [2.75, 3.05) is 18.5 Å². The second kappa shape index (κ2) is 9.32. The van der Waals surface area contributed by atoms with Gasteiger partial charge in [0.25, 0.3) is 11.8 Å². The smallest absolute Gasteiger partial charge is 0.262 e. The number of aromatic nitrogens is 1. The second-order valence-corrected chi connectivity index (χ2v) is 8.41. The molecule has 1 aliphatic heterocycles. The van der Waals surface area contributed by atoms with Crippen LogP contribution in [0, 0.1) is 0 Å². The third-order valence-electron chi connectivity index (χ3n) is 6.06. The topological polar surface area (TPSA) is 94.0 Å². The van der Waals surface area contributed by atoms with Gasteiger partial charge in [0.15, 0.2) is 0 Å². The van der Waals surface area contributed by atoms with Crippen molar-refractivity contribution in [3.8, 4) is 11.5 Å². The van der Waals surface area contributed by atoms with Crippen LogP contribution in [-0.2, 0) is 12.8 Å². The van der Waals surface area contributed by atoms with E-state index in [9.17, 15) is 19.8 Å². The highest BCUT2D eigenvalue weighted by atomic mass is 16.3. The Bertz CT molecular complexity index is 1180. The van der Waals surface area contributed by atoms with Crippen molar-refractivity contribution in [1.82, 2.24) is 9.88 Å². The van der Waals surface area contributed by atoms with Crippen LogP contribution in [0.5, 0.6) is 11.5 Å².